The number of methoxy groups -OCH3 is 1. The lowest BCUT2D eigenvalue weighted by Crippen LogP contribution is -2.39. The maximum atomic E-state index is 12.6. The zero-order chi connectivity index (χ0) is 18.8. The van der Waals surface area contributed by atoms with Crippen LogP contribution in [-0.4, -0.2) is 39.4 Å². The summed E-state index contributed by atoms with van der Waals surface area (Å²) >= 11 is 0. The minimum absolute atomic E-state index is 0.122. The zero-order valence-electron chi connectivity index (χ0n) is 14.7. The minimum atomic E-state index is -0.502. The van der Waals surface area contributed by atoms with Crippen molar-refractivity contribution in [1.82, 2.24) is 19.9 Å². The topological polar surface area (TPSA) is 101 Å². The van der Waals surface area contributed by atoms with Crippen LogP contribution in [0.5, 0.6) is 0 Å². The summed E-state index contributed by atoms with van der Waals surface area (Å²) in [5.41, 5.74) is 0.989. The van der Waals surface area contributed by atoms with E-state index in [1.54, 1.807) is 12.0 Å². The summed E-state index contributed by atoms with van der Waals surface area (Å²) in [4.78, 5) is 36.9. The monoisotopic (exact) mass is 366 g/mol. The summed E-state index contributed by atoms with van der Waals surface area (Å²) < 4.78 is 11.5. The van der Waals surface area contributed by atoms with Crippen LogP contribution >= 0.6 is 0 Å². The molecule has 138 valence electrons. The zero-order valence-corrected chi connectivity index (χ0v) is 14.7. The van der Waals surface area contributed by atoms with E-state index in [4.69, 9.17) is 9.15 Å². The molecule has 8 heteroatoms. The summed E-state index contributed by atoms with van der Waals surface area (Å²) in [5, 5.41) is 0. The van der Waals surface area contributed by atoms with Gasteiger partial charge in [0, 0.05) is 32.5 Å². The second-order valence-corrected chi connectivity index (χ2v) is 6.19. The highest BCUT2D eigenvalue weighted by Crippen LogP contribution is 2.29. The molecule has 4 rings (SSSR count). The lowest BCUT2D eigenvalue weighted by atomic mass is 10.1. The Morgan fingerprint density at radius 2 is 2.15 bits per heavy atom. The lowest BCUT2D eigenvalue weighted by Gasteiger charge is -2.24. The van der Waals surface area contributed by atoms with Crippen molar-refractivity contribution in [2.75, 3.05) is 13.7 Å². The van der Waals surface area contributed by atoms with Crippen LogP contribution in [0.25, 0.3) is 0 Å². The number of rotatable bonds is 4. The Balaban J connectivity index is 1.58. The SMILES string of the molecule is COC(c1ccccc1)c1nc2c(o1)CCN(C(=O)c1ncc[nH]c1=O)C2. The number of carbonyl (C=O) groups is 1. The number of benzene rings is 1. The molecule has 1 aliphatic heterocycles. The summed E-state index contributed by atoms with van der Waals surface area (Å²) in [6.07, 6.45) is 2.89. The second kappa shape index (κ2) is 7.16. The van der Waals surface area contributed by atoms with E-state index < -0.39 is 17.6 Å². The Kier molecular flexibility index (Phi) is 4.55. The summed E-state index contributed by atoms with van der Waals surface area (Å²) in [6.45, 7) is 0.693. The van der Waals surface area contributed by atoms with Crippen molar-refractivity contribution >= 4 is 5.91 Å². The number of hydrogen-bond donors (Lipinski definition) is 1. The molecule has 1 aliphatic rings. The molecule has 3 heterocycles. The molecule has 27 heavy (non-hydrogen) atoms. The average molecular weight is 366 g/mol. The normalized spacial score (nSPS) is 14.6. The van der Waals surface area contributed by atoms with Gasteiger partial charge in [0.2, 0.25) is 5.89 Å². The Labute approximate surface area is 154 Å². The quantitative estimate of drug-likeness (QED) is 0.754. The number of aromatic amines is 1. The van der Waals surface area contributed by atoms with Crippen LogP contribution in [0.3, 0.4) is 0 Å². The van der Waals surface area contributed by atoms with E-state index >= 15 is 0 Å². The minimum Gasteiger partial charge on any atom is -0.442 e. The fraction of sp³-hybridized carbons (Fsp3) is 0.263. The largest absolute Gasteiger partial charge is 0.442 e. The number of H-pyrrole nitrogens is 1. The van der Waals surface area contributed by atoms with Gasteiger partial charge in [0.1, 0.15) is 11.5 Å². The summed E-state index contributed by atoms with van der Waals surface area (Å²) in [7, 11) is 1.60. The third-order valence-corrected chi connectivity index (χ3v) is 4.50. The Morgan fingerprint density at radius 3 is 2.89 bits per heavy atom. The number of carbonyl (C=O) groups excluding carboxylic acids is 1. The third kappa shape index (κ3) is 3.26. The van der Waals surface area contributed by atoms with E-state index in [0.717, 1.165) is 11.3 Å². The van der Waals surface area contributed by atoms with E-state index in [0.29, 0.717) is 24.6 Å². The fourth-order valence-electron chi connectivity index (χ4n) is 3.17. The third-order valence-electron chi connectivity index (χ3n) is 4.50. The number of nitrogens with zero attached hydrogens (tertiary/aromatic N) is 3. The van der Waals surface area contributed by atoms with E-state index in [9.17, 15) is 9.59 Å². The van der Waals surface area contributed by atoms with Gasteiger partial charge in [-0.2, -0.15) is 0 Å². The van der Waals surface area contributed by atoms with Crippen LogP contribution in [0.15, 0.2) is 51.9 Å². The number of ether oxygens (including phenoxy) is 1. The van der Waals surface area contributed by atoms with E-state index in [1.807, 2.05) is 30.3 Å². The fourth-order valence-corrected chi connectivity index (χ4v) is 3.17. The van der Waals surface area contributed by atoms with Crippen molar-refractivity contribution in [3.63, 3.8) is 0 Å². The molecule has 0 aliphatic carbocycles. The number of nitrogens with one attached hydrogen (secondary N) is 1. The standard InChI is InChI=1S/C19H18N4O4/c1-26-16(12-5-3-2-4-6-12)18-22-13-11-23(10-7-14(13)27-18)19(25)15-17(24)21-9-8-20-15/h2-6,8-9,16H,7,10-11H2,1H3,(H,21,24). The van der Waals surface area contributed by atoms with Crippen molar-refractivity contribution in [3.8, 4) is 0 Å². The number of aromatic nitrogens is 3. The molecule has 1 unspecified atom stereocenters. The maximum absolute atomic E-state index is 12.6. The van der Waals surface area contributed by atoms with E-state index in [1.165, 1.54) is 12.4 Å². The molecule has 0 bridgehead atoms. The van der Waals surface area contributed by atoms with E-state index in [2.05, 4.69) is 15.0 Å². The van der Waals surface area contributed by atoms with Gasteiger partial charge < -0.3 is 19.0 Å². The molecular weight excluding hydrogens is 348 g/mol. The Bertz CT molecular complexity index is 1010. The van der Waals surface area contributed by atoms with Gasteiger partial charge >= 0.3 is 0 Å². The Morgan fingerprint density at radius 1 is 1.33 bits per heavy atom. The molecular formula is C19H18N4O4. The molecule has 0 fully saturated rings. The van der Waals surface area contributed by atoms with Crippen molar-refractivity contribution < 1.29 is 13.9 Å². The van der Waals surface area contributed by atoms with Crippen molar-refractivity contribution in [2.24, 2.45) is 0 Å². The van der Waals surface area contributed by atoms with Gasteiger partial charge in [-0.3, -0.25) is 9.59 Å². The predicted molar refractivity (Wildman–Crippen MR) is 95.1 cm³/mol. The van der Waals surface area contributed by atoms with Crippen molar-refractivity contribution in [3.05, 3.63) is 81.7 Å². The number of oxazole rings is 1. The first kappa shape index (κ1) is 17.2. The highest BCUT2D eigenvalue weighted by molar-refractivity contribution is 5.91. The molecule has 0 saturated carbocycles. The number of fused-ring (bicyclic) bond motifs is 1. The highest BCUT2D eigenvalue weighted by atomic mass is 16.5. The highest BCUT2D eigenvalue weighted by Gasteiger charge is 2.30. The van der Waals surface area contributed by atoms with Gasteiger partial charge in [-0.15, -0.1) is 0 Å². The van der Waals surface area contributed by atoms with Gasteiger partial charge in [-0.25, -0.2) is 9.97 Å². The van der Waals surface area contributed by atoms with Gasteiger partial charge in [-0.1, -0.05) is 30.3 Å². The molecule has 2 aromatic heterocycles. The predicted octanol–water partition coefficient (Wildman–Crippen LogP) is 1.69. The first-order chi connectivity index (χ1) is 13.2. The van der Waals surface area contributed by atoms with Crippen LogP contribution < -0.4 is 5.56 Å². The van der Waals surface area contributed by atoms with Crippen molar-refractivity contribution in [1.29, 1.82) is 0 Å². The molecule has 1 aromatic carbocycles. The number of hydrogen-bond acceptors (Lipinski definition) is 6. The Hall–Kier alpha value is -3.26. The van der Waals surface area contributed by atoms with Gasteiger partial charge in [0.15, 0.2) is 11.8 Å². The summed E-state index contributed by atoms with van der Waals surface area (Å²) in [6, 6.07) is 9.67. The molecule has 3 aromatic rings. The first-order valence-corrected chi connectivity index (χ1v) is 8.56. The molecule has 8 nitrogen and oxygen atoms in total. The smallest absolute Gasteiger partial charge is 0.279 e. The maximum Gasteiger partial charge on any atom is 0.279 e. The lowest BCUT2D eigenvalue weighted by molar-refractivity contribution is 0.0719. The van der Waals surface area contributed by atoms with Gasteiger partial charge in [0.05, 0.1) is 6.54 Å². The molecule has 0 spiro atoms. The molecule has 0 radical (unpaired) electrons. The van der Waals surface area contributed by atoms with Crippen molar-refractivity contribution in [2.45, 2.75) is 19.1 Å². The van der Waals surface area contributed by atoms with Crippen LogP contribution in [0.1, 0.15) is 39.5 Å². The van der Waals surface area contributed by atoms with Gasteiger partial charge in [-0.05, 0) is 5.56 Å². The molecule has 1 atom stereocenters. The average Bonchev–Trinajstić information content (AvgIpc) is 3.12. The molecule has 0 saturated heterocycles. The second-order valence-electron chi connectivity index (χ2n) is 6.19. The molecule has 1 amide bonds. The number of amides is 1. The van der Waals surface area contributed by atoms with Gasteiger partial charge in [0.25, 0.3) is 11.5 Å². The van der Waals surface area contributed by atoms with E-state index in [-0.39, 0.29) is 12.2 Å². The van der Waals surface area contributed by atoms with Crippen LogP contribution in [0.2, 0.25) is 0 Å². The van der Waals surface area contributed by atoms with Crippen LogP contribution in [0.4, 0.5) is 0 Å². The summed E-state index contributed by atoms with van der Waals surface area (Å²) in [5.74, 6) is 0.777. The van der Waals surface area contributed by atoms with Crippen LogP contribution in [-0.2, 0) is 17.7 Å². The van der Waals surface area contributed by atoms with Crippen LogP contribution in [0, 0.1) is 0 Å². The molecule has 1 N–H and O–H groups in total. The first-order valence-electron chi connectivity index (χ1n) is 8.56.